The van der Waals surface area contributed by atoms with Crippen molar-refractivity contribution in [3.63, 3.8) is 0 Å². The molecule has 0 spiro atoms. The zero-order valence-corrected chi connectivity index (χ0v) is 11.4. The van der Waals surface area contributed by atoms with Crippen LogP contribution >= 0.6 is 0 Å². The topological polar surface area (TPSA) is 46.3 Å². The molecule has 1 saturated heterocycles. The molecule has 18 heavy (non-hydrogen) atoms. The number of benzene rings is 1. The smallest absolute Gasteiger partial charge is 0.242 e. The summed E-state index contributed by atoms with van der Waals surface area (Å²) in [4.78, 5) is 14.2. The number of amides is 1. The minimum absolute atomic E-state index is 0.0495. The van der Waals surface area contributed by atoms with E-state index < -0.39 is 5.54 Å². The van der Waals surface area contributed by atoms with Crippen molar-refractivity contribution in [1.82, 2.24) is 4.90 Å². The Morgan fingerprint density at radius 1 is 1.33 bits per heavy atom. The molecule has 2 atom stereocenters. The van der Waals surface area contributed by atoms with Crippen LogP contribution in [0.25, 0.3) is 0 Å². The van der Waals surface area contributed by atoms with Gasteiger partial charge in [-0.1, -0.05) is 30.3 Å². The molecule has 0 saturated carbocycles. The molecule has 1 aromatic rings. The van der Waals surface area contributed by atoms with Gasteiger partial charge in [-0.3, -0.25) is 4.79 Å². The standard InChI is InChI=1S/C15H22N2O/c1-11-9-13(12-7-5-4-6-8-12)10-17(11)14(18)15(2,3)16/h4-8,11,13H,9-10,16H2,1-3H3. The molecule has 3 heteroatoms. The Kier molecular flexibility index (Phi) is 3.44. The fourth-order valence-corrected chi connectivity index (χ4v) is 2.65. The Morgan fingerprint density at radius 2 is 1.94 bits per heavy atom. The van der Waals surface area contributed by atoms with Crippen LogP contribution in [0.3, 0.4) is 0 Å². The van der Waals surface area contributed by atoms with Crippen LogP contribution in [0.15, 0.2) is 30.3 Å². The summed E-state index contributed by atoms with van der Waals surface area (Å²) in [5.74, 6) is 0.487. The summed E-state index contributed by atoms with van der Waals surface area (Å²) in [5, 5.41) is 0. The molecule has 2 N–H and O–H groups in total. The lowest BCUT2D eigenvalue weighted by atomic mass is 9.97. The zero-order chi connectivity index (χ0) is 13.3. The Morgan fingerprint density at radius 3 is 2.50 bits per heavy atom. The first-order valence-corrected chi connectivity index (χ1v) is 6.54. The zero-order valence-electron chi connectivity index (χ0n) is 11.4. The van der Waals surface area contributed by atoms with E-state index in [0.29, 0.717) is 5.92 Å². The molecule has 2 rings (SSSR count). The van der Waals surface area contributed by atoms with Crippen LogP contribution in [0, 0.1) is 0 Å². The maximum atomic E-state index is 12.3. The fourth-order valence-electron chi connectivity index (χ4n) is 2.65. The maximum Gasteiger partial charge on any atom is 0.242 e. The summed E-state index contributed by atoms with van der Waals surface area (Å²) >= 11 is 0. The molecule has 1 aromatic carbocycles. The van der Waals surface area contributed by atoms with Gasteiger partial charge in [-0.05, 0) is 32.8 Å². The number of rotatable bonds is 2. The average molecular weight is 246 g/mol. The number of carbonyl (C=O) groups is 1. The van der Waals surface area contributed by atoms with Crippen LogP contribution < -0.4 is 5.73 Å². The molecule has 3 nitrogen and oxygen atoms in total. The van der Waals surface area contributed by atoms with E-state index in [1.165, 1.54) is 5.56 Å². The van der Waals surface area contributed by atoms with Crippen LogP contribution in [0.4, 0.5) is 0 Å². The third-order valence-electron chi connectivity index (χ3n) is 3.66. The molecule has 0 aliphatic carbocycles. The highest BCUT2D eigenvalue weighted by Gasteiger charge is 2.37. The number of hydrogen-bond acceptors (Lipinski definition) is 2. The second kappa shape index (κ2) is 4.73. The Hall–Kier alpha value is -1.35. The molecular weight excluding hydrogens is 224 g/mol. The minimum Gasteiger partial charge on any atom is -0.338 e. The van der Waals surface area contributed by atoms with Gasteiger partial charge in [-0.15, -0.1) is 0 Å². The summed E-state index contributed by atoms with van der Waals surface area (Å²) in [6.07, 6.45) is 1.02. The van der Waals surface area contributed by atoms with Crippen LogP contribution in [0.2, 0.25) is 0 Å². The van der Waals surface area contributed by atoms with Gasteiger partial charge in [-0.25, -0.2) is 0 Å². The minimum atomic E-state index is -0.778. The second-order valence-electron chi connectivity index (χ2n) is 5.87. The number of carbonyl (C=O) groups excluding carboxylic acids is 1. The van der Waals surface area contributed by atoms with Crippen LogP contribution in [0.1, 0.15) is 38.7 Å². The Balaban J connectivity index is 2.13. The van der Waals surface area contributed by atoms with E-state index in [1.807, 2.05) is 11.0 Å². The first kappa shape index (κ1) is 13.1. The van der Waals surface area contributed by atoms with Crippen molar-refractivity contribution in [1.29, 1.82) is 0 Å². The van der Waals surface area contributed by atoms with Crippen LogP contribution in [-0.2, 0) is 4.79 Å². The first-order chi connectivity index (χ1) is 8.39. The summed E-state index contributed by atoms with van der Waals surface area (Å²) in [5.41, 5.74) is 6.45. The van der Waals surface area contributed by atoms with Crippen LogP contribution in [0.5, 0.6) is 0 Å². The van der Waals surface area contributed by atoms with Gasteiger partial charge >= 0.3 is 0 Å². The number of nitrogens with zero attached hydrogens (tertiary/aromatic N) is 1. The largest absolute Gasteiger partial charge is 0.338 e. The molecular formula is C15H22N2O. The van der Waals surface area contributed by atoms with Gasteiger partial charge in [0.15, 0.2) is 0 Å². The SMILES string of the molecule is CC1CC(c2ccccc2)CN1C(=O)C(C)(C)N. The lowest BCUT2D eigenvalue weighted by Crippen LogP contribution is -2.52. The van der Waals surface area contributed by atoms with Gasteiger partial charge in [0.25, 0.3) is 0 Å². The van der Waals surface area contributed by atoms with Crippen molar-refractivity contribution in [2.24, 2.45) is 5.73 Å². The van der Waals surface area contributed by atoms with E-state index in [4.69, 9.17) is 5.73 Å². The van der Waals surface area contributed by atoms with Gasteiger partial charge in [0, 0.05) is 18.5 Å². The van der Waals surface area contributed by atoms with E-state index in [0.717, 1.165) is 13.0 Å². The van der Waals surface area contributed by atoms with Gasteiger partial charge in [0.2, 0.25) is 5.91 Å². The molecule has 2 unspecified atom stereocenters. The predicted octanol–water partition coefficient (Wildman–Crippen LogP) is 2.13. The quantitative estimate of drug-likeness (QED) is 0.869. The van der Waals surface area contributed by atoms with Gasteiger partial charge in [0.1, 0.15) is 0 Å². The highest BCUT2D eigenvalue weighted by atomic mass is 16.2. The number of hydrogen-bond donors (Lipinski definition) is 1. The highest BCUT2D eigenvalue weighted by Crippen LogP contribution is 2.32. The average Bonchev–Trinajstić information content (AvgIpc) is 2.70. The van der Waals surface area contributed by atoms with Crippen molar-refractivity contribution in [2.45, 2.75) is 44.7 Å². The normalized spacial score (nSPS) is 24.3. The summed E-state index contributed by atoms with van der Waals surface area (Å²) in [6, 6.07) is 10.7. The monoisotopic (exact) mass is 246 g/mol. The molecule has 1 amide bonds. The Labute approximate surface area is 109 Å². The van der Waals surface area contributed by atoms with E-state index in [1.54, 1.807) is 13.8 Å². The Bertz CT molecular complexity index is 422. The molecule has 1 aliphatic heterocycles. The third kappa shape index (κ3) is 2.56. The van der Waals surface area contributed by atoms with Crippen molar-refractivity contribution >= 4 is 5.91 Å². The van der Waals surface area contributed by atoms with Gasteiger partial charge in [0.05, 0.1) is 5.54 Å². The summed E-state index contributed by atoms with van der Waals surface area (Å²) < 4.78 is 0. The molecule has 1 fully saturated rings. The summed E-state index contributed by atoms with van der Waals surface area (Å²) in [7, 11) is 0. The third-order valence-corrected chi connectivity index (χ3v) is 3.66. The van der Waals surface area contributed by atoms with Crippen LogP contribution in [-0.4, -0.2) is 28.9 Å². The van der Waals surface area contributed by atoms with Crippen molar-refractivity contribution < 1.29 is 4.79 Å². The van der Waals surface area contributed by atoms with E-state index in [2.05, 4.69) is 31.2 Å². The molecule has 0 bridgehead atoms. The molecule has 98 valence electrons. The number of likely N-dealkylation sites (tertiary alicyclic amines) is 1. The van der Waals surface area contributed by atoms with Crippen molar-refractivity contribution in [3.8, 4) is 0 Å². The molecule has 1 aliphatic rings. The fraction of sp³-hybridized carbons (Fsp3) is 0.533. The van der Waals surface area contributed by atoms with Gasteiger partial charge < -0.3 is 10.6 Å². The molecule has 1 heterocycles. The highest BCUT2D eigenvalue weighted by molar-refractivity contribution is 5.85. The summed E-state index contributed by atoms with van der Waals surface area (Å²) in [6.45, 7) is 6.44. The first-order valence-electron chi connectivity index (χ1n) is 6.54. The predicted molar refractivity (Wildman–Crippen MR) is 73.2 cm³/mol. The molecule has 0 radical (unpaired) electrons. The lowest BCUT2D eigenvalue weighted by Gasteiger charge is -2.29. The van der Waals surface area contributed by atoms with E-state index in [9.17, 15) is 4.79 Å². The lowest BCUT2D eigenvalue weighted by molar-refractivity contribution is -0.136. The maximum absolute atomic E-state index is 12.3. The molecule has 0 aromatic heterocycles. The second-order valence-corrected chi connectivity index (χ2v) is 5.87. The van der Waals surface area contributed by atoms with Crippen molar-refractivity contribution in [2.75, 3.05) is 6.54 Å². The van der Waals surface area contributed by atoms with Crippen molar-refractivity contribution in [3.05, 3.63) is 35.9 Å². The van der Waals surface area contributed by atoms with E-state index in [-0.39, 0.29) is 11.9 Å². The van der Waals surface area contributed by atoms with Gasteiger partial charge in [-0.2, -0.15) is 0 Å². The van der Waals surface area contributed by atoms with E-state index >= 15 is 0 Å². The number of nitrogens with two attached hydrogens (primary N) is 1.